The van der Waals surface area contributed by atoms with Gasteiger partial charge in [-0.05, 0) is 25.2 Å². The highest BCUT2D eigenvalue weighted by Crippen LogP contribution is 2.24. The Kier molecular flexibility index (Phi) is 3.87. The molecule has 2 fully saturated rings. The number of hydrogen-bond acceptors (Lipinski definition) is 4. The smallest absolute Gasteiger partial charge is 0.332 e. The van der Waals surface area contributed by atoms with Crippen LogP contribution < -0.4 is 0 Å². The Hall–Kier alpha value is -1.14. The first kappa shape index (κ1) is 13.3. The number of nitrogens with zero attached hydrogens (tertiary/aromatic N) is 1. The summed E-state index contributed by atoms with van der Waals surface area (Å²) in [7, 11) is 0. The van der Waals surface area contributed by atoms with Crippen LogP contribution in [0, 0.1) is 5.92 Å². The Bertz CT molecular complexity index is 345. The van der Waals surface area contributed by atoms with Crippen molar-refractivity contribution in [3.05, 3.63) is 0 Å². The van der Waals surface area contributed by atoms with Gasteiger partial charge in [0.2, 0.25) is 0 Å². The zero-order chi connectivity index (χ0) is 13.3. The SMILES string of the molecule is CC1CN(C(=O)[C@@H]2CC[C@H](C(=O)O)O2)CCC1O. The predicted molar refractivity (Wildman–Crippen MR) is 61.9 cm³/mol. The van der Waals surface area contributed by atoms with Gasteiger partial charge in [0.15, 0.2) is 6.10 Å². The van der Waals surface area contributed by atoms with Crippen LogP contribution >= 0.6 is 0 Å². The Labute approximate surface area is 106 Å². The van der Waals surface area contributed by atoms with Crippen molar-refractivity contribution in [3.8, 4) is 0 Å². The fourth-order valence-corrected chi connectivity index (χ4v) is 2.54. The topological polar surface area (TPSA) is 87.1 Å². The molecule has 6 nitrogen and oxygen atoms in total. The summed E-state index contributed by atoms with van der Waals surface area (Å²) in [5, 5.41) is 18.4. The third kappa shape index (κ3) is 2.64. The number of carbonyl (C=O) groups is 2. The van der Waals surface area contributed by atoms with E-state index in [0.717, 1.165) is 0 Å². The molecule has 1 amide bonds. The van der Waals surface area contributed by atoms with E-state index in [0.29, 0.717) is 32.4 Å². The minimum absolute atomic E-state index is 0.0550. The van der Waals surface area contributed by atoms with Crippen LogP contribution in [0.15, 0.2) is 0 Å². The van der Waals surface area contributed by atoms with Crippen LogP contribution in [0.25, 0.3) is 0 Å². The largest absolute Gasteiger partial charge is 0.479 e. The molecule has 0 saturated carbocycles. The highest BCUT2D eigenvalue weighted by atomic mass is 16.5. The molecule has 0 bridgehead atoms. The van der Waals surface area contributed by atoms with Crippen molar-refractivity contribution in [1.29, 1.82) is 0 Å². The van der Waals surface area contributed by atoms with Gasteiger partial charge in [-0.25, -0.2) is 4.79 Å². The van der Waals surface area contributed by atoms with Crippen LogP contribution in [-0.4, -0.2) is 58.4 Å². The molecular weight excluding hydrogens is 238 g/mol. The van der Waals surface area contributed by atoms with Crippen LogP contribution in [-0.2, 0) is 14.3 Å². The molecular formula is C12H19NO5. The Morgan fingerprint density at radius 3 is 2.44 bits per heavy atom. The van der Waals surface area contributed by atoms with E-state index in [9.17, 15) is 14.7 Å². The number of amides is 1. The summed E-state index contributed by atoms with van der Waals surface area (Å²) < 4.78 is 5.25. The van der Waals surface area contributed by atoms with Crippen molar-refractivity contribution < 1.29 is 24.5 Å². The van der Waals surface area contributed by atoms with Crippen molar-refractivity contribution >= 4 is 11.9 Å². The van der Waals surface area contributed by atoms with Crippen LogP contribution in [0.2, 0.25) is 0 Å². The molecule has 2 aliphatic rings. The molecule has 2 N–H and O–H groups in total. The molecule has 102 valence electrons. The zero-order valence-corrected chi connectivity index (χ0v) is 10.4. The molecule has 2 saturated heterocycles. The molecule has 0 aromatic rings. The number of rotatable bonds is 2. The van der Waals surface area contributed by atoms with Crippen LogP contribution in [0.3, 0.4) is 0 Å². The summed E-state index contributed by atoms with van der Waals surface area (Å²) in [6.45, 7) is 2.93. The van der Waals surface area contributed by atoms with Crippen molar-refractivity contribution in [1.82, 2.24) is 4.90 Å². The molecule has 2 unspecified atom stereocenters. The molecule has 2 aliphatic heterocycles. The maximum absolute atomic E-state index is 12.1. The number of hydrogen-bond donors (Lipinski definition) is 2. The van der Waals surface area contributed by atoms with E-state index >= 15 is 0 Å². The van der Waals surface area contributed by atoms with Crippen LogP contribution in [0.1, 0.15) is 26.2 Å². The van der Waals surface area contributed by atoms with Gasteiger partial charge in [0, 0.05) is 13.1 Å². The monoisotopic (exact) mass is 257 g/mol. The van der Waals surface area contributed by atoms with E-state index < -0.39 is 18.2 Å². The summed E-state index contributed by atoms with van der Waals surface area (Å²) in [6, 6.07) is 0. The molecule has 6 heteroatoms. The van der Waals surface area contributed by atoms with Gasteiger partial charge in [-0.2, -0.15) is 0 Å². The van der Waals surface area contributed by atoms with E-state index in [1.165, 1.54) is 0 Å². The van der Waals surface area contributed by atoms with E-state index in [-0.39, 0.29) is 17.9 Å². The van der Waals surface area contributed by atoms with Gasteiger partial charge in [-0.3, -0.25) is 4.79 Å². The van der Waals surface area contributed by atoms with Crippen LogP contribution in [0.4, 0.5) is 0 Å². The molecule has 0 aliphatic carbocycles. The lowest BCUT2D eigenvalue weighted by atomic mass is 9.96. The normalized spacial score (nSPS) is 36.7. The van der Waals surface area contributed by atoms with Crippen LogP contribution in [0.5, 0.6) is 0 Å². The first-order valence-electron chi connectivity index (χ1n) is 6.34. The number of aliphatic carboxylic acids is 1. The third-order valence-electron chi connectivity index (χ3n) is 3.74. The number of piperidine rings is 1. The van der Waals surface area contributed by atoms with E-state index in [4.69, 9.17) is 9.84 Å². The number of ether oxygens (including phenoxy) is 1. The van der Waals surface area contributed by atoms with Gasteiger partial charge in [0.25, 0.3) is 5.91 Å². The molecule has 0 spiro atoms. The Morgan fingerprint density at radius 2 is 1.89 bits per heavy atom. The fraction of sp³-hybridized carbons (Fsp3) is 0.833. The quantitative estimate of drug-likeness (QED) is 0.718. The van der Waals surface area contributed by atoms with Gasteiger partial charge in [0.05, 0.1) is 6.10 Å². The highest BCUT2D eigenvalue weighted by Gasteiger charge is 2.38. The summed E-state index contributed by atoms with van der Waals surface area (Å²) >= 11 is 0. The van der Waals surface area contributed by atoms with Gasteiger partial charge in [-0.1, -0.05) is 6.92 Å². The summed E-state index contributed by atoms with van der Waals surface area (Å²) in [5.74, 6) is -1.09. The standard InChI is InChI=1S/C12H19NO5/c1-7-6-13(5-4-8(7)14)11(15)9-2-3-10(18-9)12(16)17/h7-10,14H,2-6H2,1H3,(H,16,17)/t7?,8?,9-,10+/m0/s1. The Morgan fingerprint density at radius 1 is 1.22 bits per heavy atom. The second kappa shape index (κ2) is 5.24. The summed E-state index contributed by atoms with van der Waals surface area (Å²) in [4.78, 5) is 24.6. The number of likely N-dealkylation sites (tertiary alicyclic amines) is 1. The second-order valence-corrected chi connectivity index (χ2v) is 5.15. The minimum atomic E-state index is -1.01. The second-order valence-electron chi connectivity index (χ2n) is 5.15. The molecule has 2 heterocycles. The average molecular weight is 257 g/mol. The lowest BCUT2D eigenvalue weighted by Crippen LogP contribution is -2.48. The lowest BCUT2D eigenvalue weighted by Gasteiger charge is -2.35. The summed E-state index contributed by atoms with van der Waals surface area (Å²) in [5.41, 5.74) is 0. The van der Waals surface area contributed by atoms with Gasteiger partial charge >= 0.3 is 5.97 Å². The first-order valence-corrected chi connectivity index (χ1v) is 6.34. The van der Waals surface area contributed by atoms with Crippen molar-refractivity contribution in [2.45, 2.75) is 44.5 Å². The highest BCUT2D eigenvalue weighted by molar-refractivity contribution is 5.82. The van der Waals surface area contributed by atoms with E-state index in [2.05, 4.69) is 0 Å². The van der Waals surface area contributed by atoms with Crippen molar-refractivity contribution in [2.75, 3.05) is 13.1 Å². The molecule has 18 heavy (non-hydrogen) atoms. The molecule has 2 rings (SSSR count). The van der Waals surface area contributed by atoms with Crippen molar-refractivity contribution in [2.24, 2.45) is 5.92 Å². The van der Waals surface area contributed by atoms with E-state index in [1.807, 2.05) is 6.92 Å². The van der Waals surface area contributed by atoms with Gasteiger partial charge < -0.3 is 19.8 Å². The maximum Gasteiger partial charge on any atom is 0.332 e. The number of aliphatic hydroxyl groups excluding tert-OH is 1. The molecule has 0 aromatic carbocycles. The average Bonchev–Trinajstić information content (AvgIpc) is 2.81. The lowest BCUT2D eigenvalue weighted by molar-refractivity contribution is -0.156. The van der Waals surface area contributed by atoms with Gasteiger partial charge in [-0.15, -0.1) is 0 Å². The zero-order valence-electron chi connectivity index (χ0n) is 10.4. The fourth-order valence-electron chi connectivity index (χ4n) is 2.54. The molecule has 0 aromatic heterocycles. The number of carboxylic acid groups (broad SMARTS) is 1. The Balaban J connectivity index is 1.90. The van der Waals surface area contributed by atoms with Gasteiger partial charge in [0.1, 0.15) is 6.10 Å². The molecule has 0 radical (unpaired) electrons. The predicted octanol–water partition coefficient (Wildman–Crippen LogP) is -0.152. The first-order chi connectivity index (χ1) is 8.49. The third-order valence-corrected chi connectivity index (χ3v) is 3.74. The number of carbonyl (C=O) groups excluding carboxylic acids is 1. The number of carboxylic acids is 1. The number of aliphatic hydroxyl groups is 1. The molecule has 4 atom stereocenters. The van der Waals surface area contributed by atoms with Crippen molar-refractivity contribution in [3.63, 3.8) is 0 Å². The van der Waals surface area contributed by atoms with E-state index in [1.54, 1.807) is 4.90 Å². The maximum atomic E-state index is 12.1. The summed E-state index contributed by atoms with van der Waals surface area (Å²) in [6.07, 6.45) is -0.422. The minimum Gasteiger partial charge on any atom is -0.479 e.